The number of thiophene rings is 1. The molecule has 0 saturated carbocycles. The van der Waals surface area contributed by atoms with E-state index in [1.54, 1.807) is 29.1 Å². The molecule has 5 rings (SSSR count). The van der Waals surface area contributed by atoms with E-state index in [2.05, 4.69) is 21.0 Å². The van der Waals surface area contributed by atoms with E-state index >= 15 is 0 Å². The van der Waals surface area contributed by atoms with Crippen LogP contribution in [0.2, 0.25) is 0 Å². The lowest BCUT2D eigenvalue weighted by Crippen LogP contribution is -2.49. The Morgan fingerprint density at radius 3 is 2.94 bits per heavy atom. The van der Waals surface area contributed by atoms with E-state index in [9.17, 15) is 18.4 Å². The average Bonchev–Trinajstić information content (AvgIpc) is 3.35. The Hall–Kier alpha value is -3.11. The predicted molar refractivity (Wildman–Crippen MR) is 112 cm³/mol. The highest BCUT2D eigenvalue weighted by Gasteiger charge is 2.30. The molecule has 0 bridgehead atoms. The molecule has 4 heterocycles. The number of hydrogen-bond acceptors (Lipinski definition) is 5. The zero-order valence-electron chi connectivity index (χ0n) is 16.3. The van der Waals surface area contributed by atoms with Gasteiger partial charge in [0.15, 0.2) is 11.6 Å². The Bertz CT molecular complexity index is 1170. The van der Waals surface area contributed by atoms with Crippen molar-refractivity contribution in [2.45, 2.75) is 24.9 Å². The molecular formula is C21H19F2N5O2S. The fourth-order valence-electron chi connectivity index (χ4n) is 4.17. The third kappa shape index (κ3) is 3.72. The highest BCUT2D eigenvalue weighted by atomic mass is 32.1. The van der Waals surface area contributed by atoms with Gasteiger partial charge in [-0.1, -0.05) is 6.07 Å². The number of carbonyl (C=O) groups is 2. The number of rotatable bonds is 3. The first-order valence-corrected chi connectivity index (χ1v) is 10.7. The number of amides is 2. The quantitative estimate of drug-likeness (QED) is 0.581. The van der Waals surface area contributed by atoms with Gasteiger partial charge in [-0.05, 0) is 42.8 Å². The van der Waals surface area contributed by atoms with E-state index in [4.69, 9.17) is 0 Å². The average molecular weight is 443 g/mol. The number of nitrogens with one attached hydrogen (secondary N) is 3. The Morgan fingerprint density at radius 2 is 2.10 bits per heavy atom. The molecule has 0 spiro atoms. The summed E-state index contributed by atoms with van der Waals surface area (Å²) in [7, 11) is 0. The van der Waals surface area contributed by atoms with Crippen molar-refractivity contribution in [1.82, 2.24) is 20.4 Å². The standard InChI is InChI=1S/C21H19F2N5O2S/c22-14-2-1-11(7-15(14)23)12-3-5-24-9-16(12)26-20(30)18-8-13-17-4-6-25-28(17)10-19(29)27-21(13)31-18/h1-2,4,6-8,12,16,24H,3,5,9-10H2,(H,26,30)(H,27,29)/t12-,16+/m0/s1. The van der Waals surface area contributed by atoms with Crippen LogP contribution in [0.25, 0.3) is 11.3 Å². The number of nitrogens with zero attached hydrogens (tertiary/aromatic N) is 2. The minimum atomic E-state index is -0.893. The van der Waals surface area contributed by atoms with Gasteiger partial charge < -0.3 is 16.0 Å². The number of piperidine rings is 1. The molecule has 7 nitrogen and oxygen atoms in total. The highest BCUT2D eigenvalue weighted by Crippen LogP contribution is 2.38. The molecule has 0 unspecified atom stereocenters. The molecule has 10 heteroatoms. The van der Waals surface area contributed by atoms with Gasteiger partial charge >= 0.3 is 0 Å². The summed E-state index contributed by atoms with van der Waals surface area (Å²) in [5.74, 6) is -2.40. The van der Waals surface area contributed by atoms with Crippen molar-refractivity contribution in [3.63, 3.8) is 0 Å². The van der Waals surface area contributed by atoms with E-state index in [-0.39, 0.29) is 30.3 Å². The number of fused-ring (bicyclic) bond motifs is 3. The van der Waals surface area contributed by atoms with Gasteiger partial charge in [0.25, 0.3) is 5.91 Å². The van der Waals surface area contributed by atoms with Crippen LogP contribution in [0.3, 0.4) is 0 Å². The maximum atomic E-state index is 13.8. The first kappa shape index (κ1) is 19.8. The molecule has 160 valence electrons. The van der Waals surface area contributed by atoms with Crippen LogP contribution in [-0.2, 0) is 11.3 Å². The molecule has 2 aliphatic rings. The van der Waals surface area contributed by atoms with Crippen LogP contribution < -0.4 is 16.0 Å². The SMILES string of the molecule is O=C1Cn2nccc2-c2cc(C(=O)N[C@@H]3CNCC[C@H]3c3ccc(F)c(F)c3)sc2N1. The molecule has 31 heavy (non-hydrogen) atoms. The van der Waals surface area contributed by atoms with E-state index in [1.807, 2.05) is 0 Å². The van der Waals surface area contributed by atoms with Crippen LogP contribution in [0.4, 0.5) is 13.8 Å². The largest absolute Gasteiger partial charge is 0.347 e. The maximum Gasteiger partial charge on any atom is 0.261 e. The third-order valence-electron chi connectivity index (χ3n) is 5.67. The topological polar surface area (TPSA) is 88.0 Å². The lowest BCUT2D eigenvalue weighted by atomic mass is 9.86. The summed E-state index contributed by atoms with van der Waals surface area (Å²) >= 11 is 1.20. The Balaban J connectivity index is 1.40. The summed E-state index contributed by atoms with van der Waals surface area (Å²) in [5.41, 5.74) is 2.17. The Kier molecular flexibility index (Phi) is 5.03. The fourth-order valence-corrected chi connectivity index (χ4v) is 5.15. The van der Waals surface area contributed by atoms with Gasteiger partial charge in [0, 0.05) is 30.3 Å². The summed E-state index contributed by atoms with van der Waals surface area (Å²) in [6.07, 6.45) is 2.31. The lowest BCUT2D eigenvalue weighted by Gasteiger charge is -2.33. The molecule has 0 aliphatic carbocycles. The van der Waals surface area contributed by atoms with Gasteiger partial charge in [0.1, 0.15) is 11.5 Å². The first-order valence-electron chi connectivity index (χ1n) is 9.92. The molecule has 0 radical (unpaired) electrons. The molecule has 2 aliphatic heterocycles. The van der Waals surface area contributed by atoms with Gasteiger partial charge in [-0.3, -0.25) is 14.3 Å². The fraction of sp³-hybridized carbons (Fsp3) is 0.286. The smallest absolute Gasteiger partial charge is 0.261 e. The van der Waals surface area contributed by atoms with Crippen molar-refractivity contribution < 1.29 is 18.4 Å². The number of hydrogen-bond donors (Lipinski definition) is 3. The normalized spacial score (nSPS) is 20.4. The van der Waals surface area contributed by atoms with Crippen molar-refractivity contribution in [1.29, 1.82) is 0 Å². The number of carbonyl (C=O) groups excluding carboxylic acids is 2. The van der Waals surface area contributed by atoms with Crippen LogP contribution in [-0.4, -0.2) is 40.7 Å². The lowest BCUT2D eigenvalue weighted by molar-refractivity contribution is -0.116. The zero-order valence-corrected chi connectivity index (χ0v) is 17.1. The number of benzene rings is 1. The second kappa shape index (κ2) is 7.86. The summed E-state index contributed by atoms with van der Waals surface area (Å²) in [4.78, 5) is 25.6. The second-order valence-corrected chi connectivity index (χ2v) is 8.68. The van der Waals surface area contributed by atoms with Crippen LogP contribution in [0.5, 0.6) is 0 Å². The van der Waals surface area contributed by atoms with Gasteiger partial charge in [-0.2, -0.15) is 5.10 Å². The van der Waals surface area contributed by atoms with Crippen molar-refractivity contribution in [2.75, 3.05) is 18.4 Å². The Morgan fingerprint density at radius 1 is 1.23 bits per heavy atom. The number of anilines is 1. The zero-order chi connectivity index (χ0) is 21.5. The molecule has 3 aromatic rings. The van der Waals surface area contributed by atoms with E-state index in [0.29, 0.717) is 28.4 Å². The summed E-state index contributed by atoms with van der Waals surface area (Å²) < 4.78 is 28.7. The summed E-state index contributed by atoms with van der Waals surface area (Å²) in [6.45, 7) is 1.36. The molecule has 1 aromatic carbocycles. The van der Waals surface area contributed by atoms with Gasteiger partial charge in [-0.25, -0.2) is 8.78 Å². The summed E-state index contributed by atoms with van der Waals surface area (Å²) in [6, 6.07) is 7.16. The van der Waals surface area contributed by atoms with Crippen molar-refractivity contribution in [2.24, 2.45) is 0 Å². The van der Waals surface area contributed by atoms with Gasteiger partial charge in [-0.15, -0.1) is 11.3 Å². The van der Waals surface area contributed by atoms with Crippen molar-refractivity contribution in [3.05, 3.63) is 58.6 Å². The number of aromatic nitrogens is 2. The van der Waals surface area contributed by atoms with E-state index in [1.165, 1.54) is 17.4 Å². The van der Waals surface area contributed by atoms with Crippen molar-refractivity contribution in [3.8, 4) is 11.3 Å². The third-order valence-corrected chi connectivity index (χ3v) is 6.71. The molecular weight excluding hydrogens is 424 g/mol. The van der Waals surface area contributed by atoms with Gasteiger partial charge in [0.05, 0.1) is 10.6 Å². The van der Waals surface area contributed by atoms with E-state index in [0.717, 1.165) is 23.9 Å². The molecule has 3 N–H and O–H groups in total. The van der Waals surface area contributed by atoms with Crippen LogP contribution in [0.1, 0.15) is 27.6 Å². The minimum absolute atomic E-state index is 0.120. The summed E-state index contributed by atoms with van der Waals surface area (Å²) in [5, 5.41) is 13.9. The van der Waals surface area contributed by atoms with Crippen LogP contribution >= 0.6 is 11.3 Å². The molecule has 2 atom stereocenters. The first-order chi connectivity index (χ1) is 15.0. The minimum Gasteiger partial charge on any atom is -0.347 e. The molecule has 2 aromatic heterocycles. The van der Waals surface area contributed by atoms with Gasteiger partial charge in [0.2, 0.25) is 5.91 Å². The van der Waals surface area contributed by atoms with Crippen LogP contribution in [0.15, 0.2) is 36.5 Å². The van der Waals surface area contributed by atoms with Crippen molar-refractivity contribution >= 4 is 28.2 Å². The van der Waals surface area contributed by atoms with Crippen LogP contribution in [0, 0.1) is 11.6 Å². The Labute approximate surface area is 180 Å². The second-order valence-electron chi connectivity index (χ2n) is 7.63. The monoisotopic (exact) mass is 443 g/mol. The molecule has 1 saturated heterocycles. The van der Waals surface area contributed by atoms with E-state index < -0.39 is 11.6 Å². The molecule has 2 amide bonds. The highest BCUT2D eigenvalue weighted by molar-refractivity contribution is 7.18. The number of halogens is 2. The molecule has 1 fully saturated rings. The predicted octanol–water partition coefficient (Wildman–Crippen LogP) is 2.72. The maximum absolute atomic E-state index is 13.8.